The van der Waals surface area contributed by atoms with Crippen molar-refractivity contribution in [2.75, 3.05) is 5.88 Å². The van der Waals surface area contributed by atoms with Crippen LogP contribution in [0.15, 0.2) is 22.7 Å². The van der Waals surface area contributed by atoms with Crippen molar-refractivity contribution >= 4 is 33.4 Å². The largest absolute Gasteiger partial charge is 0.345 e. The van der Waals surface area contributed by atoms with Gasteiger partial charge in [0.25, 0.3) is 5.91 Å². The number of rotatable bonds is 3. The summed E-state index contributed by atoms with van der Waals surface area (Å²) < 4.78 is 13.7. The zero-order chi connectivity index (χ0) is 12.5. The highest BCUT2D eigenvalue weighted by Gasteiger charge is 2.37. The van der Waals surface area contributed by atoms with Crippen molar-refractivity contribution in [1.29, 1.82) is 0 Å². The molecule has 2 rings (SSSR count). The van der Waals surface area contributed by atoms with E-state index in [0.29, 0.717) is 15.9 Å². The Morgan fingerprint density at radius 3 is 2.65 bits per heavy atom. The van der Waals surface area contributed by atoms with Crippen molar-refractivity contribution in [2.45, 2.75) is 24.8 Å². The summed E-state index contributed by atoms with van der Waals surface area (Å²) >= 11 is 9.02. The van der Waals surface area contributed by atoms with Crippen molar-refractivity contribution in [3.05, 3.63) is 34.1 Å². The topological polar surface area (TPSA) is 29.1 Å². The van der Waals surface area contributed by atoms with E-state index < -0.39 is 5.82 Å². The highest BCUT2D eigenvalue weighted by atomic mass is 79.9. The fraction of sp³-hybridized carbons (Fsp3) is 0.417. The van der Waals surface area contributed by atoms with Gasteiger partial charge in [-0.25, -0.2) is 4.39 Å². The zero-order valence-corrected chi connectivity index (χ0v) is 11.4. The molecule has 17 heavy (non-hydrogen) atoms. The second kappa shape index (κ2) is 4.94. The Morgan fingerprint density at radius 2 is 2.18 bits per heavy atom. The van der Waals surface area contributed by atoms with E-state index in [2.05, 4.69) is 21.2 Å². The van der Waals surface area contributed by atoms with Gasteiger partial charge in [0.2, 0.25) is 0 Å². The molecular formula is C12H12BrClFNO. The molecule has 1 aromatic rings. The molecule has 0 bridgehead atoms. The van der Waals surface area contributed by atoms with Crippen molar-refractivity contribution in [2.24, 2.45) is 0 Å². The first-order valence-corrected chi connectivity index (χ1v) is 6.72. The highest BCUT2D eigenvalue weighted by molar-refractivity contribution is 9.10. The number of benzene rings is 1. The normalized spacial score (nSPS) is 17.4. The van der Waals surface area contributed by atoms with Gasteiger partial charge in [0.05, 0.1) is 5.54 Å². The summed E-state index contributed by atoms with van der Waals surface area (Å²) in [5.74, 6) is -0.307. The molecule has 2 nitrogen and oxygen atoms in total. The van der Waals surface area contributed by atoms with E-state index in [-0.39, 0.29) is 11.4 Å². The van der Waals surface area contributed by atoms with Crippen molar-refractivity contribution in [3.8, 4) is 0 Å². The lowest BCUT2D eigenvalue weighted by atomic mass is 9.78. The van der Waals surface area contributed by atoms with Crippen molar-refractivity contribution in [1.82, 2.24) is 5.32 Å². The Bertz CT molecular complexity index is 422. The van der Waals surface area contributed by atoms with E-state index in [9.17, 15) is 9.18 Å². The first-order chi connectivity index (χ1) is 8.04. The van der Waals surface area contributed by atoms with Crippen LogP contribution in [-0.4, -0.2) is 17.3 Å². The number of carbonyl (C=O) groups is 1. The highest BCUT2D eigenvalue weighted by Crippen LogP contribution is 2.33. The molecule has 0 spiro atoms. The molecule has 1 amide bonds. The van der Waals surface area contributed by atoms with Crippen molar-refractivity contribution < 1.29 is 9.18 Å². The number of alkyl halides is 1. The van der Waals surface area contributed by atoms with Gasteiger partial charge in [0, 0.05) is 15.9 Å². The maximum atomic E-state index is 13.2. The monoisotopic (exact) mass is 319 g/mol. The van der Waals surface area contributed by atoms with Gasteiger partial charge in [-0.1, -0.05) is 15.9 Å². The fourth-order valence-corrected chi connectivity index (χ4v) is 2.69. The molecule has 0 aromatic heterocycles. The SMILES string of the molecule is O=C(NC1(CCl)CCC1)c1cc(F)cc(Br)c1. The van der Waals surface area contributed by atoms with Gasteiger partial charge in [0.1, 0.15) is 5.82 Å². The minimum absolute atomic E-state index is 0.273. The zero-order valence-electron chi connectivity index (χ0n) is 9.10. The molecule has 92 valence electrons. The van der Waals surface area contributed by atoms with Gasteiger partial charge in [-0.3, -0.25) is 4.79 Å². The molecule has 1 aliphatic carbocycles. The first kappa shape index (κ1) is 12.8. The van der Waals surface area contributed by atoms with E-state index in [1.165, 1.54) is 12.1 Å². The average molecular weight is 321 g/mol. The first-order valence-electron chi connectivity index (χ1n) is 5.39. The van der Waals surface area contributed by atoms with Crippen LogP contribution in [0.3, 0.4) is 0 Å². The minimum Gasteiger partial charge on any atom is -0.345 e. The van der Waals surface area contributed by atoms with Crippen LogP contribution in [0, 0.1) is 5.82 Å². The molecule has 0 heterocycles. The molecule has 0 radical (unpaired) electrons. The van der Waals surface area contributed by atoms with Crippen LogP contribution < -0.4 is 5.32 Å². The van der Waals surface area contributed by atoms with Crippen LogP contribution in [0.1, 0.15) is 29.6 Å². The predicted octanol–water partition coefficient (Wildman–Crippen LogP) is 3.48. The third kappa shape index (κ3) is 2.80. The quantitative estimate of drug-likeness (QED) is 0.849. The van der Waals surface area contributed by atoms with Gasteiger partial charge in [0.15, 0.2) is 0 Å². The lowest BCUT2D eigenvalue weighted by molar-refractivity contribution is 0.0853. The van der Waals surface area contributed by atoms with Crippen LogP contribution in [0.2, 0.25) is 0 Å². The van der Waals surface area contributed by atoms with Gasteiger partial charge in [-0.2, -0.15) is 0 Å². The average Bonchev–Trinajstić information content (AvgIpc) is 2.21. The minimum atomic E-state index is -0.432. The molecule has 1 N–H and O–H groups in total. The molecule has 1 aliphatic rings. The van der Waals surface area contributed by atoms with Crippen LogP contribution >= 0.6 is 27.5 Å². The van der Waals surface area contributed by atoms with Gasteiger partial charge >= 0.3 is 0 Å². The summed E-state index contributed by atoms with van der Waals surface area (Å²) in [5.41, 5.74) is 0.0190. The maximum absolute atomic E-state index is 13.2. The number of halogens is 3. The molecule has 1 saturated carbocycles. The number of hydrogen-bond acceptors (Lipinski definition) is 1. The summed E-state index contributed by atoms with van der Waals surface area (Å²) in [6.07, 6.45) is 2.84. The summed E-state index contributed by atoms with van der Waals surface area (Å²) in [7, 11) is 0. The Kier molecular flexibility index (Phi) is 3.73. The van der Waals surface area contributed by atoms with Gasteiger partial charge in [-0.05, 0) is 37.5 Å². The summed E-state index contributed by atoms with van der Waals surface area (Å²) in [6, 6.07) is 4.14. The fourth-order valence-electron chi connectivity index (χ4n) is 1.89. The molecule has 0 saturated heterocycles. The summed E-state index contributed by atoms with van der Waals surface area (Å²) in [5, 5.41) is 2.89. The Balaban J connectivity index is 2.14. The maximum Gasteiger partial charge on any atom is 0.251 e. The number of amides is 1. The van der Waals surface area contributed by atoms with E-state index >= 15 is 0 Å². The van der Waals surface area contributed by atoms with Gasteiger partial charge < -0.3 is 5.32 Å². The Labute approximate surface area is 113 Å². The van der Waals surface area contributed by atoms with Crippen LogP contribution in [0.5, 0.6) is 0 Å². The third-order valence-corrected chi connectivity index (χ3v) is 4.04. The molecule has 0 unspecified atom stereocenters. The summed E-state index contributed by atoms with van der Waals surface area (Å²) in [4.78, 5) is 12.0. The molecular weight excluding hydrogens is 308 g/mol. The summed E-state index contributed by atoms with van der Waals surface area (Å²) in [6.45, 7) is 0. The standard InChI is InChI=1S/C12H12BrClFNO/c13-9-4-8(5-10(15)6-9)11(17)16-12(7-14)2-1-3-12/h4-6H,1-3,7H2,(H,16,17). The van der Waals surface area contributed by atoms with E-state index in [1.807, 2.05) is 0 Å². The third-order valence-electron chi connectivity index (χ3n) is 3.07. The number of hydrogen-bond donors (Lipinski definition) is 1. The Morgan fingerprint density at radius 1 is 1.47 bits per heavy atom. The molecule has 1 aromatic carbocycles. The van der Waals surface area contributed by atoms with Crippen LogP contribution in [0.4, 0.5) is 4.39 Å². The lowest BCUT2D eigenvalue weighted by Gasteiger charge is -2.41. The van der Waals surface area contributed by atoms with E-state index in [4.69, 9.17) is 11.6 Å². The smallest absolute Gasteiger partial charge is 0.251 e. The molecule has 0 aliphatic heterocycles. The van der Waals surface area contributed by atoms with Crippen LogP contribution in [-0.2, 0) is 0 Å². The number of carbonyl (C=O) groups excluding carboxylic acids is 1. The molecule has 0 atom stereocenters. The Hall–Kier alpha value is -0.610. The van der Waals surface area contributed by atoms with E-state index in [0.717, 1.165) is 19.3 Å². The molecule has 5 heteroatoms. The molecule has 1 fully saturated rings. The van der Waals surface area contributed by atoms with Gasteiger partial charge in [-0.15, -0.1) is 11.6 Å². The predicted molar refractivity (Wildman–Crippen MR) is 68.9 cm³/mol. The second-order valence-corrected chi connectivity index (χ2v) is 5.56. The second-order valence-electron chi connectivity index (χ2n) is 4.38. The van der Waals surface area contributed by atoms with Crippen LogP contribution in [0.25, 0.3) is 0 Å². The number of nitrogens with one attached hydrogen (secondary N) is 1. The van der Waals surface area contributed by atoms with Crippen molar-refractivity contribution in [3.63, 3.8) is 0 Å². The van der Waals surface area contributed by atoms with E-state index in [1.54, 1.807) is 6.07 Å². The lowest BCUT2D eigenvalue weighted by Crippen LogP contribution is -2.55.